The zero-order valence-corrected chi connectivity index (χ0v) is 10.7. The zero-order chi connectivity index (χ0) is 14.0. The van der Waals surface area contributed by atoms with Crippen LogP contribution in [0, 0.1) is 10.1 Å². The molecule has 1 rings (SSSR count). The highest BCUT2D eigenvalue weighted by atomic mass is 32.2. The van der Waals surface area contributed by atoms with Crippen LogP contribution in [-0.4, -0.2) is 24.8 Å². The molecule has 0 radical (unpaired) electrons. The van der Waals surface area contributed by atoms with Gasteiger partial charge in [0.1, 0.15) is 9.77 Å². The van der Waals surface area contributed by atoms with E-state index in [1.54, 1.807) is 0 Å². The van der Waals surface area contributed by atoms with Crippen molar-refractivity contribution in [3.63, 3.8) is 0 Å². The average molecular weight is 273 g/mol. The van der Waals surface area contributed by atoms with E-state index in [-0.39, 0.29) is 17.9 Å². The van der Waals surface area contributed by atoms with Crippen LogP contribution in [0.15, 0.2) is 29.2 Å². The number of nitrogens with zero attached hydrogens (tertiary/aromatic N) is 1. The molecular weight excluding hydrogens is 258 g/mol. The third kappa shape index (κ3) is 2.50. The van der Waals surface area contributed by atoms with E-state index in [0.717, 1.165) is 6.07 Å². The Bertz CT molecular complexity index is 554. The Hall–Kier alpha value is -1.51. The number of hydrogen-bond donors (Lipinski definition) is 2. The van der Waals surface area contributed by atoms with Crippen molar-refractivity contribution in [2.45, 2.75) is 23.1 Å². The molecule has 0 saturated carbocycles. The fraction of sp³-hybridized carbons (Fsp3) is 0.400. The molecule has 100 valence electrons. The molecule has 1 aromatic carbocycles. The first-order valence-electron chi connectivity index (χ1n) is 5.21. The molecule has 0 heterocycles. The van der Waals surface area contributed by atoms with Gasteiger partial charge in [-0.05, 0) is 26.0 Å². The highest BCUT2D eigenvalue weighted by Crippen LogP contribution is 2.30. The van der Waals surface area contributed by atoms with Gasteiger partial charge in [0, 0.05) is 6.07 Å². The second-order valence-corrected chi connectivity index (χ2v) is 6.46. The highest BCUT2D eigenvalue weighted by molar-refractivity contribution is 7.92. The summed E-state index contributed by atoms with van der Waals surface area (Å²) in [6.45, 7) is 1.37. The second-order valence-electron chi connectivity index (χ2n) is 4.08. The van der Waals surface area contributed by atoms with Gasteiger partial charge in [-0.25, -0.2) is 8.42 Å². The molecule has 1 unspecified atom stereocenters. The molecular formula is C10H15N3O4S. The van der Waals surface area contributed by atoms with Crippen LogP contribution in [0.3, 0.4) is 0 Å². The van der Waals surface area contributed by atoms with Crippen LogP contribution in [0.2, 0.25) is 0 Å². The highest BCUT2D eigenvalue weighted by Gasteiger charge is 2.39. The minimum absolute atomic E-state index is 0.0153. The van der Waals surface area contributed by atoms with Crippen molar-refractivity contribution in [3.05, 3.63) is 34.4 Å². The van der Waals surface area contributed by atoms with E-state index in [4.69, 9.17) is 11.5 Å². The summed E-state index contributed by atoms with van der Waals surface area (Å²) in [4.78, 5) is 8.07. The van der Waals surface area contributed by atoms with Gasteiger partial charge in [-0.15, -0.1) is 0 Å². The van der Waals surface area contributed by atoms with E-state index in [0.29, 0.717) is 0 Å². The van der Waals surface area contributed by atoms with Crippen LogP contribution in [0.1, 0.15) is 13.3 Å². The van der Waals surface area contributed by atoms with E-state index in [1.807, 2.05) is 0 Å². The van der Waals surface area contributed by atoms with E-state index >= 15 is 0 Å². The van der Waals surface area contributed by atoms with E-state index in [1.165, 1.54) is 25.1 Å². The van der Waals surface area contributed by atoms with Gasteiger partial charge < -0.3 is 11.5 Å². The Balaban J connectivity index is 3.42. The summed E-state index contributed by atoms with van der Waals surface area (Å²) in [6, 6.07) is 5.12. The summed E-state index contributed by atoms with van der Waals surface area (Å²) in [6.07, 6.45) is 0.0153. The predicted octanol–water partition coefficient (Wildman–Crippen LogP) is 0.392. The van der Waals surface area contributed by atoms with Crippen molar-refractivity contribution in [2.24, 2.45) is 11.5 Å². The second kappa shape index (κ2) is 5.01. The molecule has 1 aromatic rings. The van der Waals surface area contributed by atoms with Crippen molar-refractivity contribution >= 4 is 15.5 Å². The van der Waals surface area contributed by atoms with Gasteiger partial charge >= 0.3 is 0 Å². The number of hydrogen-bond acceptors (Lipinski definition) is 6. The molecule has 18 heavy (non-hydrogen) atoms. The quantitative estimate of drug-likeness (QED) is 0.589. The topological polar surface area (TPSA) is 129 Å². The SMILES string of the molecule is CC(N)(CCN)S(=O)(=O)c1ccccc1[N+](=O)[O-]. The molecule has 0 aliphatic rings. The van der Waals surface area contributed by atoms with Gasteiger partial charge in [-0.2, -0.15) is 0 Å². The summed E-state index contributed by atoms with van der Waals surface area (Å²) in [7, 11) is -4.02. The fourth-order valence-corrected chi connectivity index (χ4v) is 3.07. The van der Waals surface area contributed by atoms with Crippen LogP contribution in [0.4, 0.5) is 5.69 Å². The molecule has 0 aromatic heterocycles. The lowest BCUT2D eigenvalue weighted by Gasteiger charge is -2.23. The standard InChI is InChI=1S/C10H15N3O4S/c1-10(12,6-7-11)18(16,17)9-5-3-2-4-8(9)13(14)15/h2-5H,6-7,11-12H2,1H3. The van der Waals surface area contributed by atoms with Crippen LogP contribution >= 0.6 is 0 Å². The Morgan fingerprint density at radius 3 is 2.44 bits per heavy atom. The number of rotatable bonds is 5. The Kier molecular flexibility index (Phi) is 4.05. The third-order valence-electron chi connectivity index (χ3n) is 2.61. The molecule has 8 heteroatoms. The number of sulfone groups is 1. The Morgan fingerprint density at radius 1 is 1.39 bits per heavy atom. The van der Waals surface area contributed by atoms with Crippen molar-refractivity contribution in [2.75, 3.05) is 6.54 Å². The van der Waals surface area contributed by atoms with Gasteiger partial charge in [0.2, 0.25) is 9.84 Å². The van der Waals surface area contributed by atoms with E-state index < -0.39 is 25.3 Å². The normalized spacial score (nSPS) is 15.1. The van der Waals surface area contributed by atoms with Gasteiger partial charge in [-0.1, -0.05) is 12.1 Å². The Morgan fingerprint density at radius 2 is 1.94 bits per heavy atom. The lowest BCUT2D eigenvalue weighted by molar-refractivity contribution is -0.387. The summed E-state index contributed by atoms with van der Waals surface area (Å²) in [5.74, 6) is 0. The number of nitro groups is 1. The maximum Gasteiger partial charge on any atom is 0.288 e. The number of nitrogens with two attached hydrogens (primary N) is 2. The minimum atomic E-state index is -4.02. The minimum Gasteiger partial charge on any atom is -0.330 e. The summed E-state index contributed by atoms with van der Waals surface area (Å²) in [5, 5.41) is 10.8. The van der Waals surface area contributed by atoms with Crippen LogP contribution < -0.4 is 11.5 Å². The van der Waals surface area contributed by atoms with Crippen molar-refractivity contribution in [1.82, 2.24) is 0 Å². The van der Waals surface area contributed by atoms with Crippen LogP contribution in [-0.2, 0) is 9.84 Å². The smallest absolute Gasteiger partial charge is 0.288 e. The van der Waals surface area contributed by atoms with Crippen LogP contribution in [0.25, 0.3) is 0 Å². The van der Waals surface area contributed by atoms with Gasteiger partial charge in [-0.3, -0.25) is 10.1 Å². The van der Waals surface area contributed by atoms with Crippen molar-refractivity contribution in [1.29, 1.82) is 0 Å². The summed E-state index contributed by atoms with van der Waals surface area (Å²) < 4.78 is 24.6. The fourth-order valence-electron chi connectivity index (χ4n) is 1.51. The third-order valence-corrected chi connectivity index (χ3v) is 4.96. The van der Waals surface area contributed by atoms with Gasteiger partial charge in [0.05, 0.1) is 4.92 Å². The maximum absolute atomic E-state index is 12.3. The zero-order valence-electron chi connectivity index (χ0n) is 9.87. The number of benzene rings is 1. The lowest BCUT2D eigenvalue weighted by atomic mass is 10.2. The molecule has 7 nitrogen and oxygen atoms in total. The lowest BCUT2D eigenvalue weighted by Crippen LogP contribution is -2.46. The van der Waals surface area contributed by atoms with Crippen molar-refractivity contribution in [3.8, 4) is 0 Å². The Labute approximate surface area is 105 Å². The van der Waals surface area contributed by atoms with Gasteiger partial charge in [0.25, 0.3) is 5.69 Å². The summed E-state index contributed by atoms with van der Waals surface area (Å²) in [5.41, 5.74) is 10.5. The van der Waals surface area contributed by atoms with Gasteiger partial charge in [0.15, 0.2) is 0 Å². The molecule has 0 aliphatic carbocycles. The van der Waals surface area contributed by atoms with E-state index in [9.17, 15) is 18.5 Å². The van der Waals surface area contributed by atoms with Crippen LogP contribution in [0.5, 0.6) is 0 Å². The largest absolute Gasteiger partial charge is 0.330 e. The molecule has 0 saturated heterocycles. The molecule has 0 aliphatic heterocycles. The monoisotopic (exact) mass is 273 g/mol. The number of nitro benzene ring substituents is 1. The first kappa shape index (κ1) is 14.6. The molecule has 0 amide bonds. The predicted molar refractivity (Wildman–Crippen MR) is 66.5 cm³/mol. The van der Waals surface area contributed by atoms with Crippen molar-refractivity contribution < 1.29 is 13.3 Å². The molecule has 0 bridgehead atoms. The van der Waals surface area contributed by atoms with E-state index in [2.05, 4.69) is 0 Å². The molecule has 0 spiro atoms. The maximum atomic E-state index is 12.3. The molecule has 1 atom stereocenters. The number of para-hydroxylation sites is 1. The summed E-state index contributed by atoms with van der Waals surface area (Å²) >= 11 is 0. The molecule has 4 N–H and O–H groups in total. The average Bonchev–Trinajstić information content (AvgIpc) is 2.28. The first-order chi connectivity index (χ1) is 8.24. The first-order valence-corrected chi connectivity index (χ1v) is 6.69. The molecule has 0 fully saturated rings.